The molecule has 0 aliphatic carbocycles. The lowest BCUT2D eigenvalue weighted by Gasteiger charge is -2.33. The number of benzene rings is 1. The lowest BCUT2D eigenvalue weighted by atomic mass is 9.88. The highest BCUT2D eigenvalue weighted by Crippen LogP contribution is 2.40. The van der Waals surface area contributed by atoms with Crippen molar-refractivity contribution in [2.45, 2.75) is 31.7 Å². The zero-order valence-electron chi connectivity index (χ0n) is 17.2. The third kappa shape index (κ3) is 4.33. The van der Waals surface area contributed by atoms with Gasteiger partial charge in [0.15, 0.2) is 0 Å². The Labute approximate surface area is 171 Å². The number of amides is 1. The molecule has 1 aromatic carbocycles. The highest BCUT2D eigenvalue weighted by Gasteiger charge is 2.39. The molecule has 0 spiro atoms. The van der Waals surface area contributed by atoms with Crippen LogP contribution in [-0.2, 0) is 16.6 Å². The molecule has 154 valence electrons. The van der Waals surface area contributed by atoms with E-state index >= 15 is 0 Å². The average Bonchev–Trinajstić information content (AvgIpc) is 2.99. The maximum absolute atomic E-state index is 13.2. The highest BCUT2D eigenvalue weighted by molar-refractivity contribution is 5.97. The molecule has 0 saturated carbocycles. The first-order valence-corrected chi connectivity index (χ1v) is 10.3. The SMILES string of the molecule is CC1(C)CN(C(=O)CN2CCN[C@H](CF)C2)c2cc(Cc3ccccc3)ncc21. The zero-order chi connectivity index (χ0) is 20.4. The summed E-state index contributed by atoms with van der Waals surface area (Å²) in [6.07, 6.45) is 2.68. The number of carbonyl (C=O) groups excluding carboxylic acids is 1. The fraction of sp³-hybridized carbons (Fsp3) is 0.478. The van der Waals surface area contributed by atoms with Crippen molar-refractivity contribution in [3.05, 3.63) is 59.4 Å². The van der Waals surface area contributed by atoms with Crippen molar-refractivity contribution in [2.75, 3.05) is 44.3 Å². The Morgan fingerprint density at radius 1 is 1.31 bits per heavy atom. The smallest absolute Gasteiger partial charge is 0.241 e. The molecule has 29 heavy (non-hydrogen) atoms. The number of alkyl halides is 1. The zero-order valence-corrected chi connectivity index (χ0v) is 17.2. The van der Waals surface area contributed by atoms with Crippen molar-refractivity contribution in [1.29, 1.82) is 0 Å². The summed E-state index contributed by atoms with van der Waals surface area (Å²) < 4.78 is 13.0. The average molecular weight is 397 g/mol. The molecule has 1 atom stereocenters. The number of piperazine rings is 1. The predicted octanol–water partition coefficient (Wildman–Crippen LogP) is 2.54. The van der Waals surface area contributed by atoms with E-state index in [4.69, 9.17) is 0 Å². The van der Waals surface area contributed by atoms with E-state index in [0.29, 0.717) is 19.6 Å². The maximum Gasteiger partial charge on any atom is 0.241 e. The van der Waals surface area contributed by atoms with Crippen LogP contribution in [0.3, 0.4) is 0 Å². The van der Waals surface area contributed by atoms with Crippen LogP contribution in [0.25, 0.3) is 0 Å². The van der Waals surface area contributed by atoms with Gasteiger partial charge in [0.25, 0.3) is 0 Å². The first kappa shape index (κ1) is 20.0. The Balaban J connectivity index is 1.53. The largest absolute Gasteiger partial charge is 0.310 e. The number of anilines is 1. The van der Waals surface area contributed by atoms with E-state index in [2.05, 4.69) is 47.2 Å². The van der Waals surface area contributed by atoms with Gasteiger partial charge in [-0.2, -0.15) is 0 Å². The minimum Gasteiger partial charge on any atom is -0.310 e. The van der Waals surface area contributed by atoms with Crippen molar-refractivity contribution >= 4 is 11.6 Å². The van der Waals surface area contributed by atoms with Crippen LogP contribution in [0.15, 0.2) is 42.6 Å². The number of aromatic nitrogens is 1. The van der Waals surface area contributed by atoms with Gasteiger partial charge in [0, 0.05) is 61.5 Å². The first-order chi connectivity index (χ1) is 14.0. The molecule has 2 aliphatic heterocycles. The van der Waals surface area contributed by atoms with Crippen LogP contribution in [0.2, 0.25) is 0 Å². The molecule has 1 saturated heterocycles. The highest BCUT2D eigenvalue weighted by atomic mass is 19.1. The van der Waals surface area contributed by atoms with Gasteiger partial charge in [0.1, 0.15) is 6.67 Å². The van der Waals surface area contributed by atoms with E-state index in [1.54, 1.807) is 0 Å². The molecule has 1 aromatic heterocycles. The molecule has 1 fully saturated rings. The van der Waals surface area contributed by atoms with Gasteiger partial charge in [-0.25, -0.2) is 4.39 Å². The topological polar surface area (TPSA) is 48.5 Å². The number of halogens is 1. The number of nitrogens with one attached hydrogen (secondary N) is 1. The standard InChI is InChI=1S/C23H29FN4O/c1-23(2)16-28(22(29)15-27-9-8-25-19(12-24)14-27)21-11-18(26-13-20(21)23)10-17-6-4-3-5-7-17/h3-7,11,13,19,25H,8-10,12,14-16H2,1-2H3/t19-/m1/s1. The Bertz CT molecular complexity index is 870. The number of fused-ring (bicyclic) bond motifs is 1. The number of pyridine rings is 1. The molecule has 4 rings (SSSR count). The van der Waals surface area contributed by atoms with Gasteiger partial charge in [-0.05, 0) is 11.6 Å². The third-order valence-corrected chi connectivity index (χ3v) is 5.93. The molecular weight excluding hydrogens is 367 g/mol. The molecule has 2 aliphatic rings. The van der Waals surface area contributed by atoms with Gasteiger partial charge in [-0.15, -0.1) is 0 Å². The van der Waals surface area contributed by atoms with Crippen LogP contribution < -0.4 is 10.2 Å². The molecule has 5 nitrogen and oxygen atoms in total. The summed E-state index contributed by atoms with van der Waals surface area (Å²) in [6, 6.07) is 12.1. The number of carbonyl (C=O) groups is 1. The summed E-state index contributed by atoms with van der Waals surface area (Å²) in [6.45, 7) is 6.93. The van der Waals surface area contributed by atoms with E-state index in [0.717, 1.165) is 36.5 Å². The van der Waals surface area contributed by atoms with Crippen molar-refractivity contribution in [2.24, 2.45) is 0 Å². The van der Waals surface area contributed by atoms with Crippen molar-refractivity contribution in [3.63, 3.8) is 0 Å². The van der Waals surface area contributed by atoms with Crippen molar-refractivity contribution in [1.82, 2.24) is 15.2 Å². The molecule has 0 unspecified atom stereocenters. The number of nitrogens with zero attached hydrogens (tertiary/aromatic N) is 3. The number of hydrogen-bond donors (Lipinski definition) is 1. The summed E-state index contributed by atoms with van der Waals surface area (Å²) in [7, 11) is 0. The molecule has 6 heteroatoms. The molecule has 3 heterocycles. The van der Waals surface area contributed by atoms with E-state index < -0.39 is 6.67 Å². The molecule has 0 radical (unpaired) electrons. The fourth-order valence-corrected chi connectivity index (χ4v) is 4.34. The Hall–Kier alpha value is -2.31. The summed E-state index contributed by atoms with van der Waals surface area (Å²) in [5.41, 5.74) is 4.12. The van der Waals surface area contributed by atoms with Gasteiger partial charge in [0.2, 0.25) is 5.91 Å². The summed E-state index contributed by atoms with van der Waals surface area (Å²) >= 11 is 0. The minimum atomic E-state index is -0.404. The van der Waals surface area contributed by atoms with Crippen LogP contribution >= 0.6 is 0 Å². The second-order valence-electron chi connectivity index (χ2n) is 8.76. The van der Waals surface area contributed by atoms with Gasteiger partial charge in [0.05, 0.1) is 12.2 Å². The monoisotopic (exact) mass is 396 g/mol. The van der Waals surface area contributed by atoms with Gasteiger partial charge < -0.3 is 10.2 Å². The van der Waals surface area contributed by atoms with Crippen LogP contribution in [0, 0.1) is 0 Å². The van der Waals surface area contributed by atoms with Crippen molar-refractivity contribution in [3.8, 4) is 0 Å². The van der Waals surface area contributed by atoms with Crippen LogP contribution in [0.1, 0.15) is 30.7 Å². The normalized spacial score (nSPS) is 21.2. The molecular formula is C23H29FN4O. The third-order valence-electron chi connectivity index (χ3n) is 5.93. The Kier molecular flexibility index (Phi) is 5.65. The van der Waals surface area contributed by atoms with E-state index in [-0.39, 0.29) is 17.4 Å². The summed E-state index contributed by atoms with van der Waals surface area (Å²) in [5.74, 6) is 0.0770. The Morgan fingerprint density at radius 2 is 2.10 bits per heavy atom. The van der Waals surface area contributed by atoms with Gasteiger partial charge in [-0.3, -0.25) is 14.7 Å². The van der Waals surface area contributed by atoms with Crippen LogP contribution in [-0.4, -0.2) is 61.2 Å². The predicted molar refractivity (Wildman–Crippen MR) is 113 cm³/mol. The lowest BCUT2D eigenvalue weighted by Crippen LogP contribution is -2.54. The van der Waals surface area contributed by atoms with Crippen LogP contribution in [0.5, 0.6) is 0 Å². The summed E-state index contributed by atoms with van der Waals surface area (Å²) in [5, 5.41) is 3.15. The van der Waals surface area contributed by atoms with Gasteiger partial charge >= 0.3 is 0 Å². The number of hydrogen-bond acceptors (Lipinski definition) is 4. The summed E-state index contributed by atoms with van der Waals surface area (Å²) in [4.78, 5) is 21.8. The minimum absolute atomic E-state index is 0.0770. The Morgan fingerprint density at radius 3 is 2.86 bits per heavy atom. The second-order valence-corrected chi connectivity index (χ2v) is 8.76. The molecule has 2 aromatic rings. The van der Waals surface area contributed by atoms with E-state index in [1.807, 2.05) is 29.3 Å². The maximum atomic E-state index is 13.2. The van der Waals surface area contributed by atoms with E-state index in [9.17, 15) is 9.18 Å². The quantitative estimate of drug-likeness (QED) is 0.844. The molecule has 1 amide bonds. The fourth-order valence-electron chi connectivity index (χ4n) is 4.34. The number of rotatable bonds is 5. The van der Waals surface area contributed by atoms with Crippen LogP contribution in [0.4, 0.5) is 10.1 Å². The second kappa shape index (κ2) is 8.20. The molecule has 1 N–H and O–H groups in total. The first-order valence-electron chi connectivity index (χ1n) is 10.3. The lowest BCUT2D eigenvalue weighted by molar-refractivity contribution is -0.120. The van der Waals surface area contributed by atoms with Gasteiger partial charge in [-0.1, -0.05) is 44.2 Å². The van der Waals surface area contributed by atoms with E-state index in [1.165, 1.54) is 5.56 Å². The molecule has 0 bridgehead atoms. The van der Waals surface area contributed by atoms with Crippen molar-refractivity contribution < 1.29 is 9.18 Å².